The van der Waals surface area contributed by atoms with Gasteiger partial charge in [-0.3, -0.25) is 0 Å². The first-order valence-corrected chi connectivity index (χ1v) is 5.58. The highest BCUT2D eigenvalue weighted by Gasteiger charge is 2.08. The summed E-state index contributed by atoms with van der Waals surface area (Å²) >= 11 is 5.67. The molecule has 0 saturated heterocycles. The van der Waals surface area contributed by atoms with E-state index in [1.165, 1.54) is 12.1 Å². The second-order valence-corrected chi connectivity index (χ2v) is 4.15. The third kappa shape index (κ3) is 2.58. The molecule has 0 aliphatic carbocycles. The van der Waals surface area contributed by atoms with Crippen LogP contribution in [-0.2, 0) is 0 Å². The maximum absolute atomic E-state index is 13.6. The maximum atomic E-state index is 13.6. The van der Waals surface area contributed by atoms with E-state index in [0.29, 0.717) is 16.4 Å². The zero-order chi connectivity index (χ0) is 13.1. The average molecular weight is 262 g/mol. The molecule has 2 aromatic rings. The Kier molecular flexibility index (Phi) is 3.45. The monoisotopic (exact) mass is 261 g/mol. The number of rotatable bonds is 2. The van der Waals surface area contributed by atoms with Gasteiger partial charge in [-0.2, -0.15) is 5.26 Å². The second kappa shape index (κ2) is 5.03. The van der Waals surface area contributed by atoms with E-state index in [0.717, 1.165) is 5.69 Å². The number of nitrogens with zero attached hydrogens (tertiary/aromatic N) is 2. The Bertz CT molecular complexity index is 635. The van der Waals surface area contributed by atoms with Crippen LogP contribution in [0.1, 0.15) is 11.3 Å². The molecule has 0 aliphatic rings. The van der Waals surface area contributed by atoms with Gasteiger partial charge >= 0.3 is 0 Å². The lowest BCUT2D eigenvalue weighted by Gasteiger charge is -2.09. The summed E-state index contributed by atoms with van der Waals surface area (Å²) in [5.74, 6) is -0.159. The minimum Gasteiger partial charge on any atom is -0.337 e. The summed E-state index contributed by atoms with van der Waals surface area (Å²) in [6.45, 7) is 1.80. The van der Waals surface area contributed by atoms with E-state index in [4.69, 9.17) is 16.9 Å². The minimum absolute atomic E-state index is 0.231. The Hall–Kier alpha value is -2.12. The maximum Gasteiger partial charge on any atom is 0.148 e. The van der Waals surface area contributed by atoms with Crippen molar-refractivity contribution < 1.29 is 4.39 Å². The predicted molar refractivity (Wildman–Crippen MR) is 68.4 cm³/mol. The molecule has 1 aromatic carbocycles. The molecule has 0 amide bonds. The van der Waals surface area contributed by atoms with Crippen molar-refractivity contribution in [1.29, 1.82) is 5.26 Å². The molecule has 3 nitrogen and oxygen atoms in total. The molecule has 0 unspecified atom stereocenters. The molecular formula is C13H9ClFN3. The van der Waals surface area contributed by atoms with E-state index in [1.54, 1.807) is 25.1 Å². The largest absolute Gasteiger partial charge is 0.337 e. The Morgan fingerprint density at radius 2 is 2.11 bits per heavy atom. The SMILES string of the molecule is Cc1ccc(C#N)c(Nc2ccc(Cl)cc2F)n1. The number of pyridine rings is 1. The van der Waals surface area contributed by atoms with Crippen LogP contribution < -0.4 is 5.32 Å². The summed E-state index contributed by atoms with van der Waals surface area (Å²) in [5.41, 5.74) is 1.33. The van der Waals surface area contributed by atoms with Gasteiger partial charge in [0.1, 0.15) is 17.7 Å². The summed E-state index contributed by atoms with van der Waals surface area (Å²) in [6, 6.07) is 9.63. The van der Waals surface area contributed by atoms with Gasteiger partial charge in [0.2, 0.25) is 0 Å². The van der Waals surface area contributed by atoms with Crippen LogP contribution in [0, 0.1) is 24.1 Å². The topological polar surface area (TPSA) is 48.7 Å². The van der Waals surface area contributed by atoms with Crippen LogP contribution in [0.15, 0.2) is 30.3 Å². The van der Waals surface area contributed by atoms with Crippen molar-refractivity contribution >= 4 is 23.1 Å². The van der Waals surface area contributed by atoms with Gasteiger partial charge in [0.15, 0.2) is 0 Å². The van der Waals surface area contributed by atoms with Gasteiger partial charge in [0.05, 0.1) is 11.3 Å². The van der Waals surface area contributed by atoms with Crippen LogP contribution in [0.5, 0.6) is 0 Å². The number of benzene rings is 1. The van der Waals surface area contributed by atoms with E-state index in [-0.39, 0.29) is 5.69 Å². The smallest absolute Gasteiger partial charge is 0.148 e. The Morgan fingerprint density at radius 3 is 2.78 bits per heavy atom. The summed E-state index contributed by atoms with van der Waals surface area (Å²) < 4.78 is 13.6. The lowest BCUT2D eigenvalue weighted by molar-refractivity contribution is 0.632. The van der Waals surface area contributed by atoms with E-state index >= 15 is 0 Å². The number of nitriles is 1. The lowest BCUT2D eigenvalue weighted by atomic mass is 10.2. The van der Waals surface area contributed by atoms with Crippen LogP contribution in [0.25, 0.3) is 0 Å². The van der Waals surface area contributed by atoms with Crippen LogP contribution in [0.2, 0.25) is 5.02 Å². The summed E-state index contributed by atoms with van der Waals surface area (Å²) in [4.78, 5) is 4.17. The number of halogens is 2. The first-order chi connectivity index (χ1) is 8.60. The molecule has 0 atom stereocenters. The van der Waals surface area contributed by atoms with Gasteiger partial charge in [-0.1, -0.05) is 11.6 Å². The molecule has 18 heavy (non-hydrogen) atoms. The number of hydrogen-bond acceptors (Lipinski definition) is 3. The van der Waals surface area contributed by atoms with Gasteiger partial charge < -0.3 is 5.32 Å². The van der Waals surface area contributed by atoms with Gasteiger partial charge in [-0.25, -0.2) is 9.37 Å². The number of anilines is 2. The molecule has 1 N–H and O–H groups in total. The number of aromatic nitrogens is 1. The van der Waals surface area contributed by atoms with Gasteiger partial charge in [0, 0.05) is 10.7 Å². The van der Waals surface area contributed by atoms with Gasteiger partial charge in [-0.15, -0.1) is 0 Å². The number of aryl methyl sites for hydroxylation is 1. The fourth-order valence-corrected chi connectivity index (χ4v) is 1.62. The molecule has 5 heteroatoms. The van der Waals surface area contributed by atoms with Crippen molar-refractivity contribution in [3.8, 4) is 6.07 Å². The molecule has 0 bridgehead atoms. The van der Waals surface area contributed by atoms with Crippen molar-refractivity contribution in [3.05, 3.63) is 52.4 Å². The minimum atomic E-state index is -0.491. The molecule has 1 heterocycles. The van der Waals surface area contributed by atoms with Crippen molar-refractivity contribution in [1.82, 2.24) is 4.98 Å². The molecule has 0 fully saturated rings. The highest BCUT2D eigenvalue weighted by molar-refractivity contribution is 6.30. The molecule has 90 valence electrons. The van der Waals surface area contributed by atoms with Crippen LogP contribution in [-0.4, -0.2) is 4.98 Å². The van der Waals surface area contributed by atoms with E-state index in [1.807, 2.05) is 6.07 Å². The summed E-state index contributed by atoms with van der Waals surface area (Å²) in [7, 11) is 0. The van der Waals surface area contributed by atoms with Crippen LogP contribution in [0.4, 0.5) is 15.9 Å². The predicted octanol–water partition coefficient (Wildman–Crippen LogP) is 3.80. The van der Waals surface area contributed by atoms with E-state index < -0.39 is 5.82 Å². The Labute approximate surface area is 109 Å². The van der Waals surface area contributed by atoms with Crippen molar-refractivity contribution in [2.75, 3.05) is 5.32 Å². The van der Waals surface area contributed by atoms with E-state index in [2.05, 4.69) is 10.3 Å². The normalized spacial score (nSPS) is 9.89. The fourth-order valence-electron chi connectivity index (χ4n) is 1.46. The Morgan fingerprint density at radius 1 is 1.33 bits per heavy atom. The van der Waals surface area contributed by atoms with Gasteiger partial charge in [0.25, 0.3) is 0 Å². The quantitative estimate of drug-likeness (QED) is 0.895. The lowest BCUT2D eigenvalue weighted by Crippen LogP contribution is -2.00. The second-order valence-electron chi connectivity index (χ2n) is 3.71. The average Bonchev–Trinajstić information content (AvgIpc) is 2.33. The summed E-state index contributed by atoms with van der Waals surface area (Å²) in [6.07, 6.45) is 0. The number of nitrogens with one attached hydrogen (secondary N) is 1. The molecule has 0 spiro atoms. The molecule has 1 aromatic heterocycles. The highest BCUT2D eigenvalue weighted by atomic mass is 35.5. The fraction of sp³-hybridized carbons (Fsp3) is 0.0769. The first kappa shape index (κ1) is 12.3. The molecule has 0 radical (unpaired) electrons. The van der Waals surface area contributed by atoms with Gasteiger partial charge in [-0.05, 0) is 37.3 Å². The highest BCUT2D eigenvalue weighted by Crippen LogP contribution is 2.23. The molecule has 0 aliphatic heterocycles. The van der Waals surface area contributed by atoms with Crippen LogP contribution >= 0.6 is 11.6 Å². The number of hydrogen-bond donors (Lipinski definition) is 1. The summed E-state index contributed by atoms with van der Waals surface area (Å²) in [5, 5.41) is 12.1. The molecule has 2 rings (SSSR count). The Balaban J connectivity index is 2.40. The van der Waals surface area contributed by atoms with E-state index in [9.17, 15) is 4.39 Å². The molecule has 0 saturated carbocycles. The van der Waals surface area contributed by atoms with Crippen molar-refractivity contribution in [2.45, 2.75) is 6.92 Å². The van der Waals surface area contributed by atoms with Crippen LogP contribution in [0.3, 0.4) is 0 Å². The third-order valence-corrected chi connectivity index (χ3v) is 2.57. The van der Waals surface area contributed by atoms with Crippen molar-refractivity contribution in [2.24, 2.45) is 0 Å². The molecular weight excluding hydrogens is 253 g/mol. The third-order valence-electron chi connectivity index (χ3n) is 2.34. The zero-order valence-electron chi connectivity index (χ0n) is 9.54. The zero-order valence-corrected chi connectivity index (χ0v) is 10.3. The first-order valence-electron chi connectivity index (χ1n) is 5.20. The van der Waals surface area contributed by atoms with Crippen molar-refractivity contribution in [3.63, 3.8) is 0 Å². The standard InChI is InChI=1S/C13H9ClFN3/c1-8-2-3-9(7-16)13(17-8)18-12-5-4-10(14)6-11(12)15/h2-6H,1H3,(H,17,18).